The predicted molar refractivity (Wildman–Crippen MR) is 59.2 cm³/mol. The molecule has 1 unspecified atom stereocenters. The lowest BCUT2D eigenvalue weighted by atomic mass is 10.1. The lowest BCUT2D eigenvalue weighted by Crippen LogP contribution is -2.23. The fraction of sp³-hybridized carbons (Fsp3) is 0.600. The van der Waals surface area contributed by atoms with Gasteiger partial charge >= 0.3 is 5.97 Å². The molecule has 82 valence electrons. The Morgan fingerprint density at radius 3 is 3.13 bits per heavy atom. The standard InChI is InChI=1S/C10H14N2O2S/c1-7-6-15-10(11-7)12-4-3-8(5-12)9(13)14-2/h6,8H,3-5H2,1-2H3. The Bertz CT molecular complexity index is 364. The van der Waals surface area contributed by atoms with Crippen LogP contribution in [0.1, 0.15) is 12.1 Å². The van der Waals surface area contributed by atoms with Crippen molar-refractivity contribution in [1.82, 2.24) is 4.98 Å². The number of methoxy groups -OCH3 is 1. The van der Waals surface area contributed by atoms with Crippen molar-refractivity contribution in [3.63, 3.8) is 0 Å². The second-order valence-corrected chi connectivity index (χ2v) is 4.56. The summed E-state index contributed by atoms with van der Waals surface area (Å²) in [5, 5.41) is 3.04. The highest BCUT2D eigenvalue weighted by atomic mass is 32.1. The van der Waals surface area contributed by atoms with E-state index in [1.807, 2.05) is 12.3 Å². The summed E-state index contributed by atoms with van der Waals surface area (Å²) in [6.45, 7) is 3.61. The Balaban J connectivity index is 2.01. The smallest absolute Gasteiger partial charge is 0.310 e. The number of esters is 1. The van der Waals surface area contributed by atoms with E-state index >= 15 is 0 Å². The van der Waals surface area contributed by atoms with Crippen LogP contribution in [0.4, 0.5) is 5.13 Å². The van der Waals surface area contributed by atoms with Crippen LogP contribution < -0.4 is 4.90 Å². The zero-order valence-electron chi connectivity index (χ0n) is 8.90. The number of nitrogens with zero attached hydrogens (tertiary/aromatic N) is 2. The molecule has 1 aromatic rings. The molecule has 1 aromatic heterocycles. The van der Waals surface area contributed by atoms with Crippen molar-refractivity contribution in [1.29, 1.82) is 0 Å². The van der Waals surface area contributed by atoms with Crippen LogP contribution in [0, 0.1) is 12.8 Å². The van der Waals surface area contributed by atoms with E-state index in [4.69, 9.17) is 4.74 Å². The number of anilines is 1. The summed E-state index contributed by atoms with van der Waals surface area (Å²) in [7, 11) is 1.44. The second-order valence-electron chi connectivity index (χ2n) is 3.73. The van der Waals surface area contributed by atoms with Crippen LogP contribution in [-0.2, 0) is 9.53 Å². The van der Waals surface area contributed by atoms with Crippen molar-refractivity contribution < 1.29 is 9.53 Å². The van der Waals surface area contributed by atoms with E-state index in [-0.39, 0.29) is 11.9 Å². The average Bonchev–Trinajstić information content (AvgIpc) is 2.84. The van der Waals surface area contributed by atoms with Gasteiger partial charge in [0.25, 0.3) is 0 Å². The van der Waals surface area contributed by atoms with Gasteiger partial charge in [0, 0.05) is 18.5 Å². The number of hydrogen-bond donors (Lipinski definition) is 0. The highest BCUT2D eigenvalue weighted by Gasteiger charge is 2.30. The molecule has 0 saturated carbocycles. The molecule has 15 heavy (non-hydrogen) atoms. The number of aryl methyl sites for hydroxylation is 1. The fourth-order valence-corrected chi connectivity index (χ4v) is 2.62. The van der Waals surface area contributed by atoms with Gasteiger partial charge < -0.3 is 9.64 Å². The fourth-order valence-electron chi connectivity index (χ4n) is 1.78. The first-order valence-electron chi connectivity index (χ1n) is 4.95. The lowest BCUT2D eigenvalue weighted by Gasteiger charge is -2.13. The maximum absolute atomic E-state index is 11.3. The number of carbonyl (C=O) groups is 1. The van der Waals surface area contributed by atoms with Gasteiger partial charge in [0.1, 0.15) is 0 Å². The van der Waals surface area contributed by atoms with Crippen LogP contribution in [0.5, 0.6) is 0 Å². The zero-order valence-corrected chi connectivity index (χ0v) is 9.71. The molecule has 0 spiro atoms. The Morgan fingerprint density at radius 2 is 2.53 bits per heavy atom. The number of aromatic nitrogens is 1. The van der Waals surface area contributed by atoms with E-state index in [1.54, 1.807) is 11.3 Å². The van der Waals surface area contributed by atoms with Crippen molar-refractivity contribution in [2.24, 2.45) is 5.92 Å². The lowest BCUT2D eigenvalue weighted by molar-refractivity contribution is -0.144. The number of hydrogen-bond acceptors (Lipinski definition) is 5. The predicted octanol–water partition coefficient (Wildman–Crippen LogP) is 1.45. The van der Waals surface area contributed by atoms with Gasteiger partial charge in [-0.25, -0.2) is 4.98 Å². The summed E-state index contributed by atoms with van der Waals surface area (Å²) in [4.78, 5) is 17.9. The average molecular weight is 226 g/mol. The highest BCUT2D eigenvalue weighted by Crippen LogP contribution is 2.27. The first-order valence-corrected chi connectivity index (χ1v) is 5.83. The molecule has 0 amide bonds. The largest absolute Gasteiger partial charge is 0.469 e. The molecule has 0 bridgehead atoms. The summed E-state index contributed by atoms with van der Waals surface area (Å²) in [5.74, 6) is -0.0926. The van der Waals surface area contributed by atoms with Crippen LogP contribution in [0.3, 0.4) is 0 Å². The molecule has 1 aliphatic heterocycles. The summed E-state index contributed by atoms with van der Waals surface area (Å²) >= 11 is 1.63. The van der Waals surface area contributed by atoms with Crippen LogP contribution in [0.25, 0.3) is 0 Å². The molecule has 4 nitrogen and oxygen atoms in total. The van der Waals surface area contributed by atoms with E-state index in [0.29, 0.717) is 0 Å². The monoisotopic (exact) mass is 226 g/mol. The Morgan fingerprint density at radius 1 is 1.73 bits per heavy atom. The zero-order chi connectivity index (χ0) is 10.8. The van der Waals surface area contributed by atoms with Gasteiger partial charge in [-0.2, -0.15) is 0 Å². The Labute approximate surface area is 92.9 Å². The summed E-state index contributed by atoms with van der Waals surface area (Å²) in [6, 6.07) is 0. The van der Waals surface area contributed by atoms with Crippen LogP contribution in [0.15, 0.2) is 5.38 Å². The van der Waals surface area contributed by atoms with E-state index in [2.05, 4.69) is 9.88 Å². The van der Waals surface area contributed by atoms with Crippen molar-refractivity contribution in [3.8, 4) is 0 Å². The van der Waals surface area contributed by atoms with E-state index in [9.17, 15) is 4.79 Å². The molecular formula is C10H14N2O2S. The molecule has 0 radical (unpaired) electrons. The maximum atomic E-state index is 11.3. The number of rotatable bonds is 2. The third-order valence-corrected chi connectivity index (χ3v) is 3.62. The van der Waals surface area contributed by atoms with E-state index in [1.165, 1.54) is 7.11 Å². The molecule has 0 N–H and O–H groups in total. The number of ether oxygens (including phenoxy) is 1. The molecule has 1 fully saturated rings. The molecule has 1 atom stereocenters. The third kappa shape index (κ3) is 2.12. The number of thiazole rings is 1. The molecule has 1 aliphatic rings. The molecule has 0 aliphatic carbocycles. The van der Waals surface area contributed by atoms with Crippen molar-refractivity contribution in [2.75, 3.05) is 25.1 Å². The van der Waals surface area contributed by atoms with E-state index < -0.39 is 0 Å². The van der Waals surface area contributed by atoms with Gasteiger partial charge in [-0.05, 0) is 13.3 Å². The molecule has 5 heteroatoms. The van der Waals surface area contributed by atoms with Crippen LogP contribution in [0.2, 0.25) is 0 Å². The molecule has 2 heterocycles. The molecule has 1 saturated heterocycles. The summed E-state index contributed by atoms with van der Waals surface area (Å²) in [5.41, 5.74) is 1.04. The van der Waals surface area contributed by atoms with Crippen LogP contribution in [-0.4, -0.2) is 31.2 Å². The van der Waals surface area contributed by atoms with Gasteiger partial charge in [0.05, 0.1) is 18.7 Å². The minimum atomic E-state index is -0.106. The summed E-state index contributed by atoms with van der Waals surface area (Å²) < 4.78 is 4.74. The minimum absolute atomic E-state index is 0.0132. The highest BCUT2D eigenvalue weighted by molar-refractivity contribution is 7.13. The summed E-state index contributed by atoms with van der Waals surface area (Å²) in [6.07, 6.45) is 0.866. The SMILES string of the molecule is COC(=O)C1CCN(c2nc(C)cs2)C1. The normalized spacial score (nSPS) is 20.7. The Kier molecular flexibility index (Phi) is 2.90. The van der Waals surface area contributed by atoms with Crippen molar-refractivity contribution in [2.45, 2.75) is 13.3 Å². The van der Waals surface area contributed by atoms with Gasteiger partial charge in [0.15, 0.2) is 5.13 Å². The van der Waals surface area contributed by atoms with Crippen molar-refractivity contribution >= 4 is 22.4 Å². The minimum Gasteiger partial charge on any atom is -0.469 e. The topological polar surface area (TPSA) is 42.4 Å². The number of carbonyl (C=O) groups excluding carboxylic acids is 1. The van der Waals surface area contributed by atoms with Gasteiger partial charge in [0.2, 0.25) is 0 Å². The third-order valence-electron chi connectivity index (χ3n) is 2.60. The van der Waals surface area contributed by atoms with Crippen LogP contribution >= 0.6 is 11.3 Å². The van der Waals surface area contributed by atoms with Gasteiger partial charge in [-0.3, -0.25) is 4.79 Å². The molecular weight excluding hydrogens is 212 g/mol. The maximum Gasteiger partial charge on any atom is 0.310 e. The molecule has 0 aromatic carbocycles. The van der Waals surface area contributed by atoms with Gasteiger partial charge in [-0.1, -0.05) is 0 Å². The first kappa shape index (κ1) is 10.4. The quantitative estimate of drug-likeness (QED) is 0.716. The Hall–Kier alpha value is -1.10. The first-order chi connectivity index (χ1) is 7.20. The van der Waals surface area contributed by atoms with Crippen molar-refractivity contribution in [3.05, 3.63) is 11.1 Å². The second kappa shape index (κ2) is 4.18. The van der Waals surface area contributed by atoms with Gasteiger partial charge in [-0.15, -0.1) is 11.3 Å². The molecule has 2 rings (SSSR count). The van der Waals surface area contributed by atoms with E-state index in [0.717, 1.165) is 30.3 Å².